The molecule has 1 heterocycles. The highest BCUT2D eigenvalue weighted by molar-refractivity contribution is 5.97. The molecule has 1 atom stereocenters. The van der Waals surface area contributed by atoms with E-state index >= 15 is 0 Å². The van der Waals surface area contributed by atoms with Crippen LogP contribution in [0.25, 0.3) is 0 Å². The Morgan fingerprint density at radius 2 is 1.61 bits per heavy atom. The maximum atomic E-state index is 13.0. The smallest absolute Gasteiger partial charge is 0.426 e. The zero-order valence-electron chi connectivity index (χ0n) is 16.8. The van der Waals surface area contributed by atoms with Crippen LogP contribution in [0, 0.1) is 5.92 Å². The van der Waals surface area contributed by atoms with Crippen molar-refractivity contribution in [1.82, 2.24) is 10.3 Å². The van der Waals surface area contributed by atoms with Gasteiger partial charge in [0.05, 0.1) is 6.04 Å². The first-order valence-corrected chi connectivity index (χ1v) is 9.11. The van der Waals surface area contributed by atoms with E-state index in [2.05, 4.69) is 20.4 Å². The number of ether oxygens (including phenoxy) is 1. The lowest BCUT2D eigenvalue weighted by molar-refractivity contribution is -0.360. The molecule has 2 N–H and O–H groups in total. The minimum Gasteiger partial charge on any atom is -0.426 e. The maximum Gasteiger partial charge on any atom is 0.499 e. The number of pyridine rings is 1. The number of hydrogen-bond donors (Lipinski definition) is 2. The first-order chi connectivity index (χ1) is 14.3. The fourth-order valence-electron chi connectivity index (χ4n) is 2.30. The molecule has 2 rings (SSSR count). The normalized spacial score (nSPS) is 12.9. The van der Waals surface area contributed by atoms with Crippen LogP contribution in [0.2, 0.25) is 0 Å². The molecule has 0 radical (unpaired) electrons. The fourth-order valence-corrected chi connectivity index (χ4v) is 2.30. The summed E-state index contributed by atoms with van der Waals surface area (Å²) in [5, 5.41) is 5.23. The van der Waals surface area contributed by atoms with E-state index in [0.29, 0.717) is 5.56 Å². The molecular formula is C20H20F5N3O3. The van der Waals surface area contributed by atoms with Crippen LogP contribution in [0.3, 0.4) is 0 Å². The molecule has 1 aromatic heterocycles. The van der Waals surface area contributed by atoms with Crippen molar-refractivity contribution in [1.29, 1.82) is 0 Å². The molecule has 2 amide bonds. The zero-order chi connectivity index (χ0) is 23.4. The number of nitrogens with zero attached hydrogens (tertiary/aromatic N) is 1. The minimum atomic E-state index is -5.84. The van der Waals surface area contributed by atoms with Gasteiger partial charge in [-0.3, -0.25) is 9.59 Å². The van der Waals surface area contributed by atoms with Gasteiger partial charge in [0.15, 0.2) is 0 Å². The van der Waals surface area contributed by atoms with Crippen LogP contribution in [-0.2, 0) is 4.79 Å². The Hall–Kier alpha value is -3.24. The second kappa shape index (κ2) is 9.27. The Morgan fingerprint density at radius 1 is 1.00 bits per heavy atom. The van der Waals surface area contributed by atoms with Gasteiger partial charge in [0.2, 0.25) is 5.91 Å². The Labute approximate surface area is 174 Å². The summed E-state index contributed by atoms with van der Waals surface area (Å²) in [6.45, 7) is 5.00. The lowest BCUT2D eigenvalue weighted by Crippen LogP contribution is -2.41. The molecular weight excluding hydrogens is 425 g/mol. The van der Waals surface area contributed by atoms with Crippen molar-refractivity contribution in [3.63, 3.8) is 0 Å². The molecule has 11 heteroatoms. The predicted molar refractivity (Wildman–Crippen MR) is 102 cm³/mol. The molecule has 0 spiro atoms. The molecule has 0 aliphatic carbocycles. The third kappa shape index (κ3) is 6.37. The number of carbonyl (C=O) groups is 2. The van der Waals surface area contributed by atoms with E-state index in [1.54, 1.807) is 20.8 Å². The van der Waals surface area contributed by atoms with E-state index < -0.39 is 30.0 Å². The van der Waals surface area contributed by atoms with Crippen LogP contribution >= 0.6 is 0 Å². The summed E-state index contributed by atoms with van der Waals surface area (Å²) >= 11 is 0. The van der Waals surface area contributed by atoms with Crippen molar-refractivity contribution in [2.75, 3.05) is 5.32 Å². The zero-order valence-corrected chi connectivity index (χ0v) is 16.8. The Kier molecular flexibility index (Phi) is 7.19. The van der Waals surface area contributed by atoms with Crippen molar-refractivity contribution in [3.05, 3.63) is 53.7 Å². The van der Waals surface area contributed by atoms with Crippen LogP contribution in [0.1, 0.15) is 42.7 Å². The monoisotopic (exact) mass is 445 g/mol. The summed E-state index contributed by atoms with van der Waals surface area (Å²) < 4.78 is 66.3. The number of rotatable bonds is 7. The number of carbonyl (C=O) groups excluding carboxylic acids is 2. The SMILES string of the molecule is CC(C)C(=O)Nc1cc(C(=O)NC(C)c2ccc(OC(F)(F)C(F)(F)F)cc2)ccn1. The average molecular weight is 445 g/mol. The van der Waals surface area contributed by atoms with Gasteiger partial charge >= 0.3 is 12.3 Å². The Balaban J connectivity index is 2.04. The topological polar surface area (TPSA) is 80.3 Å². The van der Waals surface area contributed by atoms with E-state index in [4.69, 9.17) is 0 Å². The van der Waals surface area contributed by atoms with Crippen molar-refractivity contribution >= 4 is 17.6 Å². The van der Waals surface area contributed by atoms with Gasteiger partial charge in [0.25, 0.3) is 5.91 Å². The summed E-state index contributed by atoms with van der Waals surface area (Å²) in [5.74, 6) is -1.52. The standard InChI is InChI=1S/C20H20F5N3O3/c1-11(2)17(29)28-16-10-14(8-9-26-16)18(30)27-12(3)13-4-6-15(7-5-13)31-20(24,25)19(21,22)23/h4-12H,1-3H3,(H,27,30)(H,26,28,29). The van der Waals surface area contributed by atoms with Crippen LogP contribution in [-0.4, -0.2) is 29.1 Å². The molecule has 0 bridgehead atoms. The number of aromatic nitrogens is 1. The molecule has 1 unspecified atom stereocenters. The lowest BCUT2D eigenvalue weighted by Gasteiger charge is -2.20. The largest absolute Gasteiger partial charge is 0.499 e. The van der Waals surface area contributed by atoms with Gasteiger partial charge in [-0.25, -0.2) is 4.98 Å². The molecule has 0 aliphatic rings. The second-order valence-electron chi connectivity index (χ2n) is 6.95. The van der Waals surface area contributed by atoms with Gasteiger partial charge in [-0.1, -0.05) is 26.0 Å². The molecule has 6 nitrogen and oxygen atoms in total. The predicted octanol–water partition coefficient (Wildman–Crippen LogP) is 4.70. The quantitative estimate of drug-likeness (QED) is 0.606. The van der Waals surface area contributed by atoms with Gasteiger partial charge in [-0.15, -0.1) is 0 Å². The van der Waals surface area contributed by atoms with Crippen molar-refractivity contribution in [2.24, 2.45) is 5.92 Å². The van der Waals surface area contributed by atoms with Crippen molar-refractivity contribution in [2.45, 2.75) is 39.1 Å². The first kappa shape index (κ1) is 24.0. The molecule has 31 heavy (non-hydrogen) atoms. The minimum absolute atomic E-state index is 0.200. The van der Waals surface area contributed by atoms with Gasteiger partial charge in [0, 0.05) is 17.7 Å². The number of nitrogens with one attached hydrogen (secondary N) is 2. The number of halogens is 5. The average Bonchev–Trinajstić information content (AvgIpc) is 2.67. The molecule has 2 aromatic rings. The first-order valence-electron chi connectivity index (χ1n) is 9.11. The molecule has 0 saturated heterocycles. The number of amides is 2. The van der Waals surface area contributed by atoms with Crippen molar-refractivity contribution < 1.29 is 36.3 Å². The number of hydrogen-bond acceptors (Lipinski definition) is 4. The lowest BCUT2D eigenvalue weighted by atomic mass is 10.1. The maximum absolute atomic E-state index is 13.0. The fraction of sp³-hybridized carbons (Fsp3) is 0.350. The number of anilines is 1. The summed E-state index contributed by atoms with van der Waals surface area (Å²) in [7, 11) is 0. The third-order valence-corrected chi connectivity index (χ3v) is 4.10. The molecule has 0 aliphatic heterocycles. The van der Waals surface area contributed by atoms with E-state index in [0.717, 1.165) is 12.1 Å². The van der Waals surface area contributed by atoms with E-state index in [1.165, 1.54) is 30.5 Å². The highest BCUT2D eigenvalue weighted by Gasteiger charge is 2.61. The van der Waals surface area contributed by atoms with E-state index in [1.807, 2.05) is 0 Å². The van der Waals surface area contributed by atoms with Gasteiger partial charge in [0.1, 0.15) is 11.6 Å². The molecule has 1 aromatic carbocycles. The van der Waals surface area contributed by atoms with Crippen LogP contribution in [0.5, 0.6) is 5.75 Å². The summed E-state index contributed by atoms with van der Waals surface area (Å²) in [4.78, 5) is 28.2. The Bertz CT molecular complexity index is 930. The second-order valence-corrected chi connectivity index (χ2v) is 6.95. The highest BCUT2D eigenvalue weighted by atomic mass is 19.4. The van der Waals surface area contributed by atoms with E-state index in [-0.39, 0.29) is 23.2 Å². The van der Waals surface area contributed by atoms with Crippen LogP contribution in [0.4, 0.5) is 27.8 Å². The van der Waals surface area contributed by atoms with Gasteiger partial charge in [-0.05, 0) is 36.8 Å². The summed E-state index contributed by atoms with van der Waals surface area (Å²) in [6.07, 6.45) is -9.81. The summed E-state index contributed by atoms with van der Waals surface area (Å²) in [6, 6.07) is 6.63. The van der Waals surface area contributed by atoms with E-state index in [9.17, 15) is 31.5 Å². The van der Waals surface area contributed by atoms with Crippen molar-refractivity contribution in [3.8, 4) is 5.75 Å². The summed E-state index contributed by atoms with van der Waals surface area (Å²) in [5.41, 5.74) is 0.657. The molecule has 168 valence electrons. The van der Waals surface area contributed by atoms with Gasteiger partial charge < -0.3 is 15.4 Å². The van der Waals surface area contributed by atoms with Gasteiger partial charge in [-0.2, -0.15) is 22.0 Å². The number of alkyl halides is 5. The third-order valence-electron chi connectivity index (χ3n) is 4.10. The highest BCUT2D eigenvalue weighted by Crippen LogP contribution is 2.37. The van der Waals surface area contributed by atoms with Crippen LogP contribution < -0.4 is 15.4 Å². The molecule has 0 fully saturated rings. The van der Waals surface area contributed by atoms with Crippen LogP contribution in [0.15, 0.2) is 42.6 Å². The molecule has 0 saturated carbocycles. The number of benzene rings is 1. The Morgan fingerprint density at radius 3 is 2.16 bits per heavy atom.